The van der Waals surface area contributed by atoms with Gasteiger partial charge in [-0.2, -0.15) is 0 Å². The van der Waals surface area contributed by atoms with Gasteiger partial charge in [0.1, 0.15) is 5.82 Å². The van der Waals surface area contributed by atoms with Gasteiger partial charge < -0.3 is 4.98 Å². The second kappa shape index (κ2) is 5.95. The van der Waals surface area contributed by atoms with Crippen LogP contribution in [0, 0.1) is 6.92 Å². The van der Waals surface area contributed by atoms with E-state index in [-0.39, 0.29) is 4.90 Å². The topological polar surface area (TPSA) is 74.8 Å². The lowest BCUT2D eigenvalue weighted by Gasteiger charge is -2.16. The van der Waals surface area contributed by atoms with Crippen LogP contribution in [0.15, 0.2) is 35.5 Å². The summed E-state index contributed by atoms with van der Waals surface area (Å²) in [4.78, 5) is 7.21. The fraction of sp³-hybridized carbons (Fsp3) is 0.308. The molecule has 108 valence electrons. The molecule has 0 bridgehead atoms. The van der Waals surface area contributed by atoms with Gasteiger partial charge >= 0.3 is 0 Å². The molecule has 0 aliphatic heterocycles. The molecule has 1 heterocycles. The van der Waals surface area contributed by atoms with Crippen molar-refractivity contribution in [3.05, 3.63) is 47.0 Å². The van der Waals surface area contributed by atoms with Crippen LogP contribution in [0.1, 0.15) is 30.8 Å². The molecule has 0 saturated heterocycles. The van der Waals surface area contributed by atoms with Gasteiger partial charge in [-0.3, -0.25) is 0 Å². The minimum absolute atomic E-state index is 0.190. The zero-order valence-electron chi connectivity index (χ0n) is 11.2. The summed E-state index contributed by atoms with van der Waals surface area (Å²) in [5.74, 6) is 0.593. The molecule has 0 aliphatic carbocycles. The first-order valence-corrected chi connectivity index (χ1v) is 8.08. The van der Waals surface area contributed by atoms with Crippen LogP contribution < -0.4 is 4.72 Å². The average Bonchev–Trinajstić information content (AvgIpc) is 2.92. The predicted octanol–water partition coefficient (Wildman–Crippen LogP) is 2.80. The Kier molecular flexibility index (Phi) is 4.47. The third kappa shape index (κ3) is 3.20. The van der Waals surface area contributed by atoms with Crippen molar-refractivity contribution in [2.45, 2.75) is 31.2 Å². The molecule has 0 radical (unpaired) electrons. The number of nitrogens with zero attached hydrogens (tertiary/aromatic N) is 1. The lowest BCUT2D eigenvalue weighted by Crippen LogP contribution is -2.29. The van der Waals surface area contributed by atoms with E-state index < -0.39 is 16.1 Å². The number of benzene rings is 1. The summed E-state index contributed by atoms with van der Waals surface area (Å²) >= 11 is 5.88. The van der Waals surface area contributed by atoms with Crippen molar-refractivity contribution >= 4 is 21.6 Å². The number of sulfonamides is 1. The van der Waals surface area contributed by atoms with Gasteiger partial charge in [0.15, 0.2) is 0 Å². The molecule has 1 atom stereocenters. The Morgan fingerprint density at radius 1 is 1.45 bits per heavy atom. The number of hydrogen-bond acceptors (Lipinski definition) is 3. The minimum atomic E-state index is -3.65. The smallest absolute Gasteiger partial charge is 0.241 e. The summed E-state index contributed by atoms with van der Waals surface area (Å²) < 4.78 is 27.6. The van der Waals surface area contributed by atoms with Crippen LogP contribution in [-0.2, 0) is 10.0 Å². The maximum atomic E-state index is 12.5. The van der Waals surface area contributed by atoms with Gasteiger partial charge in [0, 0.05) is 17.4 Å². The SMILES string of the molecule is CCC(NS(=O)(=O)c1cc(Cl)ccc1C)c1ncc[nH]1. The molecule has 1 aromatic heterocycles. The van der Waals surface area contributed by atoms with Crippen molar-refractivity contribution in [3.8, 4) is 0 Å². The summed E-state index contributed by atoms with van der Waals surface area (Å²) in [6.45, 7) is 3.62. The number of H-pyrrole nitrogens is 1. The molecule has 20 heavy (non-hydrogen) atoms. The molecule has 2 rings (SSSR count). The number of aromatic nitrogens is 2. The van der Waals surface area contributed by atoms with Crippen LogP contribution in [0.5, 0.6) is 0 Å². The van der Waals surface area contributed by atoms with Crippen molar-refractivity contribution in [3.63, 3.8) is 0 Å². The lowest BCUT2D eigenvalue weighted by atomic mass is 10.2. The zero-order valence-corrected chi connectivity index (χ0v) is 12.8. The second-order valence-corrected chi connectivity index (χ2v) is 6.59. The van der Waals surface area contributed by atoms with Crippen molar-refractivity contribution in [2.24, 2.45) is 0 Å². The average molecular weight is 314 g/mol. The highest BCUT2D eigenvalue weighted by Gasteiger charge is 2.23. The van der Waals surface area contributed by atoms with E-state index in [9.17, 15) is 8.42 Å². The Bertz CT molecular complexity index is 684. The maximum Gasteiger partial charge on any atom is 0.241 e. The van der Waals surface area contributed by atoms with Gasteiger partial charge in [-0.05, 0) is 31.0 Å². The van der Waals surface area contributed by atoms with Crippen molar-refractivity contribution in [1.29, 1.82) is 0 Å². The molecule has 5 nitrogen and oxygen atoms in total. The highest BCUT2D eigenvalue weighted by atomic mass is 35.5. The van der Waals surface area contributed by atoms with E-state index in [1.807, 2.05) is 6.92 Å². The lowest BCUT2D eigenvalue weighted by molar-refractivity contribution is 0.539. The van der Waals surface area contributed by atoms with E-state index in [1.54, 1.807) is 31.5 Å². The van der Waals surface area contributed by atoms with Crippen LogP contribution in [0.25, 0.3) is 0 Å². The number of imidazole rings is 1. The number of aromatic amines is 1. The number of halogens is 1. The van der Waals surface area contributed by atoms with Crippen LogP contribution in [-0.4, -0.2) is 18.4 Å². The molecule has 1 unspecified atom stereocenters. The quantitative estimate of drug-likeness (QED) is 0.891. The summed E-state index contributed by atoms with van der Waals surface area (Å²) in [6, 6.07) is 4.41. The van der Waals surface area contributed by atoms with Gasteiger partial charge in [0.25, 0.3) is 0 Å². The first kappa shape index (κ1) is 15.0. The highest BCUT2D eigenvalue weighted by Crippen LogP contribution is 2.22. The van der Waals surface area contributed by atoms with E-state index >= 15 is 0 Å². The van der Waals surface area contributed by atoms with Gasteiger partial charge in [-0.1, -0.05) is 24.6 Å². The molecule has 2 aromatic rings. The van der Waals surface area contributed by atoms with Gasteiger partial charge in [0.05, 0.1) is 10.9 Å². The second-order valence-electron chi connectivity index (χ2n) is 4.47. The number of rotatable bonds is 5. The van der Waals surface area contributed by atoms with Crippen molar-refractivity contribution in [1.82, 2.24) is 14.7 Å². The molecule has 0 aliphatic rings. The molecular weight excluding hydrogens is 298 g/mol. The molecule has 2 N–H and O–H groups in total. The standard InChI is InChI=1S/C13H16ClN3O2S/c1-3-11(13-15-6-7-16-13)17-20(18,19)12-8-10(14)5-4-9(12)2/h4-8,11,17H,3H2,1-2H3,(H,15,16). The summed E-state index contributed by atoms with van der Waals surface area (Å²) in [7, 11) is -3.65. The van der Waals surface area contributed by atoms with Crippen LogP contribution >= 0.6 is 11.6 Å². The Morgan fingerprint density at radius 3 is 2.80 bits per heavy atom. The zero-order chi connectivity index (χ0) is 14.8. The largest absolute Gasteiger partial charge is 0.347 e. The van der Waals surface area contributed by atoms with E-state index in [4.69, 9.17) is 11.6 Å². The fourth-order valence-corrected chi connectivity index (χ4v) is 3.71. The van der Waals surface area contributed by atoms with Gasteiger partial charge in [-0.15, -0.1) is 0 Å². The molecular formula is C13H16ClN3O2S. The third-order valence-corrected chi connectivity index (χ3v) is 4.84. The molecule has 7 heteroatoms. The summed E-state index contributed by atoms with van der Waals surface area (Å²) in [5.41, 5.74) is 0.649. The van der Waals surface area contributed by atoms with Crippen LogP contribution in [0.4, 0.5) is 0 Å². The van der Waals surface area contributed by atoms with Crippen LogP contribution in [0.3, 0.4) is 0 Å². The normalized spacial score (nSPS) is 13.3. The highest BCUT2D eigenvalue weighted by molar-refractivity contribution is 7.89. The number of aryl methyl sites for hydroxylation is 1. The van der Waals surface area contributed by atoms with E-state index in [0.717, 1.165) is 0 Å². The predicted molar refractivity (Wildman–Crippen MR) is 78.1 cm³/mol. The first-order valence-electron chi connectivity index (χ1n) is 6.22. The van der Waals surface area contributed by atoms with Gasteiger partial charge in [-0.25, -0.2) is 18.1 Å². The van der Waals surface area contributed by atoms with E-state index in [0.29, 0.717) is 22.8 Å². The Morgan fingerprint density at radius 2 is 2.20 bits per heavy atom. The van der Waals surface area contributed by atoms with E-state index in [2.05, 4.69) is 14.7 Å². The summed E-state index contributed by atoms with van der Waals surface area (Å²) in [5, 5.41) is 0.391. The Labute approximate surface area is 123 Å². The van der Waals surface area contributed by atoms with Crippen molar-refractivity contribution in [2.75, 3.05) is 0 Å². The Hall–Kier alpha value is -1.37. The molecule has 0 spiro atoms. The molecule has 1 aromatic carbocycles. The monoisotopic (exact) mass is 313 g/mol. The third-order valence-electron chi connectivity index (χ3n) is 2.99. The summed E-state index contributed by atoms with van der Waals surface area (Å²) in [6.07, 6.45) is 3.85. The van der Waals surface area contributed by atoms with Gasteiger partial charge in [0.2, 0.25) is 10.0 Å². The van der Waals surface area contributed by atoms with E-state index in [1.165, 1.54) is 6.07 Å². The minimum Gasteiger partial charge on any atom is -0.347 e. The maximum absolute atomic E-state index is 12.5. The first-order chi connectivity index (χ1) is 9.44. The number of hydrogen-bond donors (Lipinski definition) is 2. The Balaban J connectivity index is 2.33. The molecule has 0 amide bonds. The molecule has 0 saturated carbocycles. The number of nitrogens with one attached hydrogen (secondary N) is 2. The molecule has 0 fully saturated rings. The fourth-order valence-electron chi connectivity index (χ4n) is 1.91. The van der Waals surface area contributed by atoms with Crippen LogP contribution in [0.2, 0.25) is 5.02 Å². The van der Waals surface area contributed by atoms with Crippen molar-refractivity contribution < 1.29 is 8.42 Å².